The number of rotatable bonds is 3. The molecule has 86 valence electrons. The number of halogens is 8. The molecule has 0 aliphatic heterocycles. The standard InChI is InChI=1S/C6H6Br4Cl4/c1-2-3(11)4(12,13)5(7,14)6(8,9)10/h3H,2H2,1H3. The van der Waals surface area contributed by atoms with Crippen LogP contribution in [0.4, 0.5) is 0 Å². The van der Waals surface area contributed by atoms with E-state index < -0.39 is 15.6 Å². The minimum absolute atomic E-state index is 0.491. The van der Waals surface area contributed by atoms with Crippen molar-refractivity contribution in [3.63, 3.8) is 0 Å². The average Bonchev–Trinajstić information content (AvgIpc) is 2.00. The van der Waals surface area contributed by atoms with Crippen LogP contribution in [0.15, 0.2) is 0 Å². The Balaban J connectivity index is 5.07. The van der Waals surface area contributed by atoms with Crippen LogP contribution in [0.25, 0.3) is 0 Å². The summed E-state index contributed by atoms with van der Waals surface area (Å²) in [7, 11) is 0. The molecule has 0 aromatic rings. The van der Waals surface area contributed by atoms with Gasteiger partial charge in [-0.3, -0.25) is 0 Å². The summed E-state index contributed by atoms with van der Waals surface area (Å²) in [5, 5.41) is -0.491. The predicted molar refractivity (Wildman–Crippen MR) is 81.4 cm³/mol. The Kier molecular flexibility index (Phi) is 7.09. The Labute approximate surface area is 137 Å². The van der Waals surface area contributed by atoms with Gasteiger partial charge in [-0.05, 0) is 6.42 Å². The van der Waals surface area contributed by atoms with E-state index >= 15 is 0 Å². The fourth-order valence-corrected chi connectivity index (χ4v) is 3.62. The number of hydrogen-bond donors (Lipinski definition) is 0. The second-order valence-corrected chi connectivity index (χ2v) is 13.5. The average molecular weight is 540 g/mol. The lowest BCUT2D eigenvalue weighted by Crippen LogP contribution is -2.50. The van der Waals surface area contributed by atoms with Gasteiger partial charge in [0.2, 0.25) is 0 Å². The molecule has 0 N–H and O–H groups in total. The first-order valence-electron chi connectivity index (χ1n) is 3.45. The van der Waals surface area contributed by atoms with Crippen LogP contribution in [0.5, 0.6) is 0 Å². The van der Waals surface area contributed by atoms with Crippen molar-refractivity contribution in [2.45, 2.75) is 29.0 Å². The highest BCUT2D eigenvalue weighted by molar-refractivity contribution is 9.40. The van der Waals surface area contributed by atoms with Crippen molar-refractivity contribution in [2.24, 2.45) is 0 Å². The summed E-state index contributed by atoms with van der Waals surface area (Å²) in [4.78, 5) is 0. The second-order valence-electron chi connectivity index (χ2n) is 2.57. The molecule has 0 amide bonds. The molecule has 0 bridgehead atoms. The molecule has 0 rings (SSSR count). The summed E-state index contributed by atoms with van der Waals surface area (Å²) in [6.07, 6.45) is 0.595. The monoisotopic (exact) mass is 534 g/mol. The molecule has 0 radical (unpaired) electrons. The Morgan fingerprint density at radius 2 is 1.43 bits per heavy atom. The molecular weight excluding hydrogens is 533 g/mol. The van der Waals surface area contributed by atoms with Crippen molar-refractivity contribution in [1.29, 1.82) is 0 Å². The van der Waals surface area contributed by atoms with Crippen molar-refractivity contribution in [3.8, 4) is 0 Å². The van der Waals surface area contributed by atoms with Crippen LogP contribution in [-0.2, 0) is 0 Å². The molecule has 0 saturated heterocycles. The van der Waals surface area contributed by atoms with Gasteiger partial charge in [-0.2, -0.15) is 0 Å². The first-order chi connectivity index (χ1) is 5.98. The highest BCUT2D eigenvalue weighted by Crippen LogP contribution is 2.62. The third-order valence-electron chi connectivity index (χ3n) is 1.53. The zero-order valence-corrected chi connectivity index (χ0v) is 16.2. The van der Waals surface area contributed by atoms with Crippen molar-refractivity contribution in [2.75, 3.05) is 0 Å². The smallest absolute Gasteiger partial charge is 0.120 e. The first kappa shape index (κ1) is 17.1. The van der Waals surface area contributed by atoms with E-state index in [-0.39, 0.29) is 0 Å². The van der Waals surface area contributed by atoms with Gasteiger partial charge >= 0.3 is 0 Å². The largest absolute Gasteiger partial charge is 0.168 e. The second kappa shape index (κ2) is 5.81. The molecule has 0 spiro atoms. The van der Waals surface area contributed by atoms with Crippen LogP contribution in [0.2, 0.25) is 0 Å². The fraction of sp³-hybridized carbons (Fsp3) is 1.00. The van der Waals surface area contributed by atoms with E-state index in [9.17, 15) is 0 Å². The third-order valence-corrected chi connectivity index (χ3v) is 10.00. The summed E-state index contributed by atoms with van der Waals surface area (Å²) < 4.78 is -3.44. The minimum Gasteiger partial charge on any atom is -0.120 e. The quantitative estimate of drug-likeness (QED) is 0.367. The van der Waals surface area contributed by atoms with Crippen molar-refractivity contribution < 1.29 is 0 Å². The van der Waals surface area contributed by atoms with Crippen molar-refractivity contribution >= 4 is 110 Å². The van der Waals surface area contributed by atoms with Crippen LogP contribution in [0.1, 0.15) is 13.3 Å². The SMILES string of the molecule is CCC(Cl)C(Cl)(Cl)C(Cl)(Br)C(Br)(Br)Br. The van der Waals surface area contributed by atoms with Gasteiger partial charge < -0.3 is 0 Å². The van der Waals surface area contributed by atoms with E-state index in [1.165, 1.54) is 0 Å². The Morgan fingerprint density at radius 3 is 1.64 bits per heavy atom. The normalized spacial score (nSPS) is 20.4. The fourth-order valence-electron chi connectivity index (χ4n) is 0.642. The van der Waals surface area contributed by atoms with Gasteiger partial charge in [0.1, 0.15) is 0 Å². The first-order valence-corrected chi connectivity index (χ1v) is 8.19. The third kappa shape index (κ3) is 3.54. The Hall–Kier alpha value is 3.08. The van der Waals surface area contributed by atoms with Gasteiger partial charge in [0, 0.05) is 0 Å². The van der Waals surface area contributed by atoms with Crippen molar-refractivity contribution in [1.82, 2.24) is 0 Å². The van der Waals surface area contributed by atoms with E-state index in [0.29, 0.717) is 6.42 Å². The molecule has 2 atom stereocenters. The van der Waals surface area contributed by atoms with Gasteiger partial charge in [-0.15, -0.1) is 11.6 Å². The summed E-state index contributed by atoms with van der Waals surface area (Å²) in [5.74, 6) is 0. The molecule has 0 saturated carbocycles. The molecule has 0 heterocycles. The molecule has 0 aliphatic carbocycles. The highest BCUT2D eigenvalue weighted by Gasteiger charge is 2.60. The maximum atomic E-state index is 6.21. The highest BCUT2D eigenvalue weighted by atomic mass is 80.0. The lowest BCUT2D eigenvalue weighted by atomic mass is 10.2. The van der Waals surface area contributed by atoms with E-state index in [4.69, 9.17) is 46.4 Å². The molecule has 0 aromatic heterocycles. The van der Waals surface area contributed by atoms with Gasteiger partial charge in [0.15, 0.2) is 10.3 Å². The zero-order chi connectivity index (χ0) is 11.8. The van der Waals surface area contributed by atoms with E-state index in [1.807, 2.05) is 6.92 Å². The molecular formula is C6H6Br4Cl4. The van der Waals surface area contributed by atoms with Gasteiger partial charge in [0.05, 0.1) is 5.38 Å². The maximum absolute atomic E-state index is 6.21. The zero-order valence-electron chi connectivity index (χ0n) is 6.81. The van der Waals surface area contributed by atoms with Gasteiger partial charge in [-0.25, -0.2) is 0 Å². The Morgan fingerprint density at radius 1 is 1.07 bits per heavy atom. The molecule has 14 heavy (non-hydrogen) atoms. The lowest BCUT2D eigenvalue weighted by molar-refractivity contribution is 0.641. The van der Waals surface area contributed by atoms with E-state index in [0.717, 1.165) is 0 Å². The van der Waals surface area contributed by atoms with Crippen LogP contribution in [0.3, 0.4) is 0 Å². The molecule has 0 nitrogen and oxygen atoms in total. The minimum atomic E-state index is -1.36. The summed E-state index contributed by atoms with van der Waals surface area (Å²) in [5.41, 5.74) is 0. The van der Waals surface area contributed by atoms with Gasteiger partial charge in [-0.1, -0.05) is 105 Å². The topological polar surface area (TPSA) is 0 Å². The molecule has 0 aliphatic rings. The van der Waals surface area contributed by atoms with Gasteiger partial charge in [0.25, 0.3) is 0 Å². The maximum Gasteiger partial charge on any atom is 0.168 e. The predicted octanol–water partition coefficient (Wildman–Crippen LogP) is 6.35. The van der Waals surface area contributed by atoms with Crippen LogP contribution < -0.4 is 0 Å². The van der Waals surface area contributed by atoms with Crippen molar-refractivity contribution in [3.05, 3.63) is 0 Å². The van der Waals surface area contributed by atoms with Crippen LogP contribution >= 0.6 is 110 Å². The number of alkyl halides is 8. The Bertz CT molecular complexity index is 200. The van der Waals surface area contributed by atoms with Crippen LogP contribution in [0, 0.1) is 0 Å². The number of hydrogen-bond acceptors (Lipinski definition) is 0. The van der Waals surface area contributed by atoms with E-state index in [1.54, 1.807) is 0 Å². The van der Waals surface area contributed by atoms with E-state index in [2.05, 4.69) is 63.7 Å². The molecule has 0 aromatic carbocycles. The lowest BCUT2D eigenvalue weighted by Gasteiger charge is -2.41. The summed E-state index contributed by atoms with van der Waals surface area (Å²) >= 11 is 37.5. The summed E-state index contributed by atoms with van der Waals surface area (Å²) in [6, 6.07) is 0. The molecule has 0 fully saturated rings. The molecule has 8 heteroatoms. The molecule has 2 unspecified atom stereocenters. The van der Waals surface area contributed by atoms with Crippen LogP contribution in [-0.4, -0.2) is 15.6 Å². The summed E-state index contributed by atoms with van der Waals surface area (Å²) in [6.45, 7) is 1.87.